The summed E-state index contributed by atoms with van der Waals surface area (Å²) >= 11 is 31.0. The van der Waals surface area contributed by atoms with E-state index in [1.807, 2.05) is 0 Å². The quantitative estimate of drug-likeness (QED) is 0.525. The summed E-state index contributed by atoms with van der Waals surface area (Å²) in [5.41, 5.74) is 0.814. The average Bonchev–Trinajstić information content (AvgIpc) is 2.45. The molecule has 1 aliphatic heterocycles. The van der Waals surface area contributed by atoms with E-state index >= 15 is 0 Å². The number of nitrogens with zero attached hydrogens (tertiary/aromatic N) is 1. The second-order valence-corrected chi connectivity index (χ2v) is 8.78. The molecule has 1 fully saturated rings. The zero-order chi connectivity index (χ0) is 14.4. The molecule has 19 heavy (non-hydrogen) atoms. The lowest BCUT2D eigenvalue weighted by Gasteiger charge is -2.21. The summed E-state index contributed by atoms with van der Waals surface area (Å²) < 4.78 is 0.0222. The fourth-order valence-electron chi connectivity index (χ4n) is 1.53. The summed E-state index contributed by atoms with van der Waals surface area (Å²) in [6, 6.07) is 5.13. The smallest absolute Gasteiger partial charge is 0.257 e. The SMILES string of the molecule is CC1(Cl)C(=O)N(Cc2ccc(Cl)c(Cl)c2)SC1(Cl)Cl. The molecule has 104 valence electrons. The van der Waals surface area contributed by atoms with E-state index in [2.05, 4.69) is 0 Å². The zero-order valence-corrected chi connectivity index (χ0v) is 14.2. The van der Waals surface area contributed by atoms with Crippen LogP contribution in [0.2, 0.25) is 10.0 Å². The van der Waals surface area contributed by atoms with Crippen LogP contribution in [0, 0.1) is 0 Å². The maximum Gasteiger partial charge on any atom is 0.257 e. The normalized spacial score (nSPS) is 26.0. The van der Waals surface area contributed by atoms with Crippen molar-refractivity contribution >= 4 is 75.9 Å². The lowest BCUT2D eigenvalue weighted by Crippen LogP contribution is -2.39. The fourth-order valence-corrected chi connectivity index (χ4v) is 3.78. The molecule has 8 heteroatoms. The van der Waals surface area contributed by atoms with Gasteiger partial charge < -0.3 is 0 Å². The largest absolute Gasteiger partial charge is 0.278 e. The molecule has 1 saturated heterocycles. The van der Waals surface area contributed by atoms with Crippen LogP contribution in [0.4, 0.5) is 0 Å². The highest BCUT2D eigenvalue weighted by molar-refractivity contribution is 8.02. The molecule has 1 heterocycles. The van der Waals surface area contributed by atoms with Gasteiger partial charge in [-0.1, -0.05) is 52.5 Å². The predicted octanol–water partition coefficient (Wildman–Crippen LogP) is 5.11. The first-order chi connectivity index (χ1) is 8.65. The molecule has 1 unspecified atom stereocenters. The van der Waals surface area contributed by atoms with E-state index in [1.54, 1.807) is 18.2 Å². The first-order valence-electron chi connectivity index (χ1n) is 5.17. The van der Waals surface area contributed by atoms with Gasteiger partial charge >= 0.3 is 0 Å². The van der Waals surface area contributed by atoms with E-state index in [0.717, 1.165) is 17.5 Å². The molecule has 0 bridgehead atoms. The van der Waals surface area contributed by atoms with Gasteiger partial charge in [0.1, 0.15) is 0 Å². The van der Waals surface area contributed by atoms with E-state index < -0.39 is 8.54 Å². The maximum absolute atomic E-state index is 12.1. The third-order valence-corrected chi connectivity index (χ3v) is 6.52. The Labute approximate surface area is 140 Å². The average molecular weight is 380 g/mol. The second-order valence-electron chi connectivity index (χ2n) is 4.20. The van der Waals surface area contributed by atoms with Crippen LogP contribution in [0.3, 0.4) is 0 Å². The van der Waals surface area contributed by atoms with Gasteiger partial charge in [-0.2, -0.15) is 0 Å². The van der Waals surface area contributed by atoms with Crippen LogP contribution in [0.25, 0.3) is 0 Å². The Morgan fingerprint density at radius 1 is 1.21 bits per heavy atom. The van der Waals surface area contributed by atoms with Gasteiger partial charge in [-0.3, -0.25) is 9.10 Å². The second kappa shape index (κ2) is 5.36. The number of rotatable bonds is 2. The summed E-state index contributed by atoms with van der Waals surface area (Å²) in [4.78, 5) is 10.8. The molecule has 1 aromatic carbocycles. The van der Waals surface area contributed by atoms with Crippen molar-refractivity contribution in [3.8, 4) is 0 Å². The van der Waals surface area contributed by atoms with Gasteiger partial charge in [-0.05, 0) is 36.6 Å². The van der Waals surface area contributed by atoms with Crippen LogP contribution >= 0.6 is 70.0 Å². The van der Waals surface area contributed by atoms with Crippen molar-refractivity contribution in [3.63, 3.8) is 0 Å². The summed E-state index contributed by atoms with van der Waals surface area (Å²) in [5.74, 6) is -0.338. The van der Waals surface area contributed by atoms with Gasteiger partial charge in [0.15, 0.2) is 4.87 Å². The van der Waals surface area contributed by atoms with Gasteiger partial charge in [0.05, 0.1) is 16.6 Å². The number of halogens is 5. The number of amides is 1. The first-order valence-corrected chi connectivity index (χ1v) is 7.83. The van der Waals surface area contributed by atoms with E-state index in [-0.39, 0.29) is 5.91 Å². The first kappa shape index (κ1) is 15.9. The van der Waals surface area contributed by atoms with Gasteiger partial charge in [-0.25, -0.2) is 0 Å². The van der Waals surface area contributed by atoms with Crippen molar-refractivity contribution in [2.75, 3.05) is 0 Å². The Kier molecular flexibility index (Phi) is 4.48. The molecule has 0 N–H and O–H groups in total. The molecule has 2 nitrogen and oxygen atoms in total. The Morgan fingerprint density at radius 3 is 2.32 bits per heavy atom. The number of hydrogen-bond donors (Lipinski definition) is 0. The highest BCUT2D eigenvalue weighted by atomic mass is 35.5. The maximum atomic E-state index is 12.1. The third kappa shape index (κ3) is 2.92. The van der Waals surface area contributed by atoms with Crippen molar-refractivity contribution in [2.24, 2.45) is 0 Å². The molecular formula is C11H8Cl5NOS. The van der Waals surface area contributed by atoms with Crippen LogP contribution in [0.15, 0.2) is 18.2 Å². The lowest BCUT2D eigenvalue weighted by molar-refractivity contribution is -0.127. The van der Waals surface area contributed by atoms with Crippen molar-refractivity contribution in [1.29, 1.82) is 0 Å². The number of benzene rings is 1. The standard InChI is InChI=1S/C11H8Cl5NOS/c1-10(14)9(18)17(19-11(10,15)16)5-6-2-3-7(12)8(13)4-6/h2-4H,5H2,1H3. The Balaban J connectivity index is 2.21. The van der Waals surface area contributed by atoms with Crippen LogP contribution in [-0.2, 0) is 11.3 Å². The molecule has 0 spiro atoms. The molecule has 0 aromatic heterocycles. The van der Waals surface area contributed by atoms with E-state index in [4.69, 9.17) is 58.0 Å². The monoisotopic (exact) mass is 377 g/mol. The van der Waals surface area contributed by atoms with Gasteiger partial charge in [0.25, 0.3) is 5.91 Å². The minimum absolute atomic E-state index is 0.296. The van der Waals surface area contributed by atoms with Gasteiger partial charge in [0, 0.05) is 0 Å². The summed E-state index contributed by atoms with van der Waals surface area (Å²) in [6.07, 6.45) is 0. The van der Waals surface area contributed by atoms with Crippen molar-refractivity contribution in [2.45, 2.75) is 22.0 Å². The molecule has 2 rings (SSSR count). The molecule has 1 aliphatic rings. The fraction of sp³-hybridized carbons (Fsp3) is 0.364. The van der Waals surface area contributed by atoms with Crippen LogP contribution in [0.5, 0.6) is 0 Å². The van der Waals surface area contributed by atoms with Crippen LogP contribution < -0.4 is 0 Å². The number of hydrogen-bond acceptors (Lipinski definition) is 2. The third-order valence-electron chi connectivity index (χ3n) is 2.71. The molecule has 1 aromatic rings. The van der Waals surface area contributed by atoms with Crippen LogP contribution in [-0.4, -0.2) is 18.8 Å². The summed E-state index contributed by atoms with van der Waals surface area (Å²) in [6.45, 7) is 1.79. The molecule has 0 radical (unpaired) electrons. The molecular weight excluding hydrogens is 371 g/mol. The molecule has 0 aliphatic carbocycles. The zero-order valence-electron chi connectivity index (χ0n) is 9.59. The highest BCUT2D eigenvalue weighted by Crippen LogP contribution is 2.56. The minimum atomic E-state index is -1.40. The van der Waals surface area contributed by atoms with E-state index in [1.165, 1.54) is 11.2 Å². The van der Waals surface area contributed by atoms with E-state index in [0.29, 0.717) is 16.6 Å². The highest BCUT2D eigenvalue weighted by Gasteiger charge is 2.60. The molecule has 1 atom stereocenters. The predicted molar refractivity (Wildman–Crippen MR) is 83.3 cm³/mol. The molecule has 1 amide bonds. The topological polar surface area (TPSA) is 20.3 Å². The van der Waals surface area contributed by atoms with Crippen molar-refractivity contribution in [1.82, 2.24) is 4.31 Å². The minimum Gasteiger partial charge on any atom is -0.278 e. The Hall–Kier alpha value is 0.490. The number of carbonyl (C=O) groups excluding carboxylic acids is 1. The molecule has 0 saturated carbocycles. The lowest BCUT2D eigenvalue weighted by atomic mass is 10.1. The Bertz CT molecular complexity index is 534. The van der Waals surface area contributed by atoms with Gasteiger partial charge in [-0.15, -0.1) is 11.6 Å². The van der Waals surface area contributed by atoms with Crippen molar-refractivity contribution in [3.05, 3.63) is 33.8 Å². The van der Waals surface area contributed by atoms with Crippen LogP contribution in [0.1, 0.15) is 12.5 Å². The summed E-state index contributed by atoms with van der Waals surface area (Å²) in [5, 5.41) is 0.879. The number of alkyl halides is 3. The summed E-state index contributed by atoms with van der Waals surface area (Å²) in [7, 11) is 0. The Morgan fingerprint density at radius 2 is 1.84 bits per heavy atom. The van der Waals surface area contributed by atoms with Crippen molar-refractivity contribution < 1.29 is 4.79 Å². The van der Waals surface area contributed by atoms with Gasteiger partial charge in [0.2, 0.25) is 3.67 Å². The number of carbonyl (C=O) groups is 1. The van der Waals surface area contributed by atoms with E-state index in [9.17, 15) is 4.79 Å².